The van der Waals surface area contributed by atoms with E-state index in [-0.39, 0.29) is 11.0 Å². The lowest BCUT2D eigenvalue weighted by atomic mass is 9.86. The summed E-state index contributed by atoms with van der Waals surface area (Å²) in [6.45, 7) is 13.8. The van der Waals surface area contributed by atoms with Gasteiger partial charge in [-0.1, -0.05) is 81.4 Å². The van der Waals surface area contributed by atoms with Crippen molar-refractivity contribution in [1.29, 1.82) is 0 Å². The largest absolute Gasteiger partial charge is 0.335 e. The van der Waals surface area contributed by atoms with E-state index in [1.54, 1.807) is 0 Å². The Bertz CT molecular complexity index is 2090. The maximum atomic E-state index is 2.50. The number of anilines is 6. The number of rotatable bonds is 6. The van der Waals surface area contributed by atoms with Crippen molar-refractivity contribution in [3.63, 3.8) is 0 Å². The lowest BCUT2D eigenvalue weighted by molar-refractivity contribution is 0.423. The second kappa shape index (κ2) is 11.8. The molecule has 0 unspecified atom stereocenters. The second-order valence-corrected chi connectivity index (χ2v) is 14.4. The van der Waals surface area contributed by atoms with E-state index in [0.29, 0.717) is 0 Å². The lowest BCUT2D eigenvalue weighted by Gasteiger charge is -2.28. The van der Waals surface area contributed by atoms with E-state index in [9.17, 15) is 0 Å². The van der Waals surface area contributed by atoms with E-state index < -0.39 is 0 Å². The summed E-state index contributed by atoms with van der Waals surface area (Å²) in [7, 11) is 0. The minimum atomic E-state index is -0.0664. The molecule has 0 atom stereocenters. The molecule has 234 valence electrons. The van der Waals surface area contributed by atoms with Crippen molar-refractivity contribution in [3.05, 3.63) is 157 Å². The first-order valence-corrected chi connectivity index (χ1v) is 16.5. The van der Waals surface area contributed by atoms with Crippen LogP contribution in [0.2, 0.25) is 0 Å². The topological polar surface area (TPSA) is 11.4 Å². The highest BCUT2D eigenvalue weighted by Gasteiger charge is 2.24. The van der Waals surface area contributed by atoms with Crippen LogP contribution in [-0.4, -0.2) is 4.57 Å². The highest BCUT2D eigenvalue weighted by atomic mass is 15.2. The summed E-state index contributed by atoms with van der Waals surface area (Å²) in [4.78, 5) is 4.67. The molecule has 3 heteroatoms. The summed E-state index contributed by atoms with van der Waals surface area (Å²) < 4.78 is 2.50. The van der Waals surface area contributed by atoms with E-state index in [0.717, 1.165) is 34.1 Å². The first-order valence-electron chi connectivity index (χ1n) is 16.5. The van der Waals surface area contributed by atoms with Gasteiger partial charge in [0.2, 0.25) is 0 Å². The minimum absolute atomic E-state index is 0.0627. The van der Waals surface area contributed by atoms with Crippen LogP contribution < -0.4 is 9.80 Å². The predicted molar refractivity (Wildman–Crippen MR) is 203 cm³/mol. The Morgan fingerprint density at radius 2 is 0.745 bits per heavy atom. The maximum absolute atomic E-state index is 2.50. The van der Waals surface area contributed by atoms with Gasteiger partial charge in [-0.15, -0.1) is 0 Å². The fourth-order valence-electron chi connectivity index (χ4n) is 6.72. The third kappa shape index (κ3) is 5.79. The Hall–Kier alpha value is -5.28. The fourth-order valence-corrected chi connectivity index (χ4v) is 6.72. The normalized spacial score (nSPS) is 12.0. The standard InChI is InChI=1S/C44H43N3/c1-43(2,3)32-22-28-41-39(30-32)40-31-38(27-29-42(40)47(41)44(4,5)6)46(35-20-14-9-15-21-35)37-25-23-36(24-26-37)45(33-16-10-7-11-17-33)34-18-12-8-13-19-34/h7-31H,1-6H3. The zero-order valence-electron chi connectivity index (χ0n) is 28.3. The zero-order chi connectivity index (χ0) is 32.8. The van der Waals surface area contributed by atoms with Gasteiger partial charge < -0.3 is 14.4 Å². The van der Waals surface area contributed by atoms with Gasteiger partial charge in [-0.05, 0) is 123 Å². The molecule has 0 spiro atoms. The number of aromatic nitrogens is 1. The van der Waals surface area contributed by atoms with Crippen LogP contribution in [0.3, 0.4) is 0 Å². The summed E-state index contributed by atoms with van der Waals surface area (Å²) in [5, 5.41) is 2.57. The van der Waals surface area contributed by atoms with Crippen LogP contribution in [0.25, 0.3) is 21.8 Å². The molecule has 1 heterocycles. The summed E-state index contributed by atoms with van der Waals surface area (Å²) in [5.41, 5.74) is 10.6. The van der Waals surface area contributed by atoms with Gasteiger partial charge in [0.1, 0.15) is 0 Å². The monoisotopic (exact) mass is 613 g/mol. The minimum Gasteiger partial charge on any atom is -0.335 e. The van der Waals surface area contributed by atoms with Gasteiger partial charge in [0, 0.05) is 61.5 Å². The molecule has 0 aliphatic rings. The van der Waals surface area contributed by atoms with Crippen molar-refractivity contribution in [3.8, 4) is 0 Å². The van der Waals surface area contributed by atoms with Gasteiger partial charge in [-0.25, -0.2) is 0 Å². The Morgan fingerprint density at radius 1 is 0.383 bits per heavy atom. The summed E-state index contributed by atoms with van der Waals surface area (Å²) in [6.07, 6.45) is 0. The fraction of sp³-hybridized carbons (Fsp3) is 0.182. The van der Waals surface area contributed by atoms with Crippen LogP contribution in [0, 0.1) is 0 Å². The van der Waals surface area contributed by atoms with Crippen molar-refractivity contribution in [1.82, 2.24) is 4.57 Å². The first kappa shape index (κ1) is 30.4. The molecule has 3 nitrogen and oxygen atoms in total. The highest BCUT2D eigenvalue weighted by Crippen LogP contribution is 2.42. The third-order valence-electron chi connectivity index (χ3n) is 8.95. The van der Waals surface area contributed by atoms with Crippen LogP contribution in [0.1, 0.15) is 47.1 Å². The summed E-state index contributed by atoms with van der Waals surface area (Å²) in [6, 6.07) is 54.7. The molecule has 0 amide bonds. The van der Waals surface area contributed by atoms with Crippen LogP contribution in [-0.2, 0) is 11.0 Å². The molecule has 0 saturated carbocycles. The number of fused-ring (bicyclic) bond motifs is 3. The molecule has 47 heavy (non-hydrogen) atoms. The average molecular weight is 614 g/mol. The Morgan fingerprint density at radius 3 is 1.17 bits per heavy atom. The smallest absolute Gasteiger partial charge is 0.0497 e. The summed E-state index contributed by atoms with van der Waals surface area (Å²) in [5.74, 6) is 0. The number of hydrogen-bond donors (Lipinski definition) is 0. The molecule has 7 rings (SSSR count). The third-order valence-corrected chi connectivity index (χ3v) is 8.95. The number of hydrogen-bond acceptors (Lipinski definition) is 2. The Balaban J connectivity index is 1.39. The Kier molecular flexibility index (Phi) is 7.64. The van der Waals surface area contributed by atoms with Crippen LogP contribution >= 0.6 is 0 Å². The van der Waals surface area contributed by atoms with Crippen molar-refractivity contribution < 1.29 is 0 Å². The van der Waals surface area contributed by atoms with E-state index in [1.165, 1.54) is 27.4 Å². The molecule has 0 fully saturated rings. The van der Waals surface area contributed by atoms with E-state index in [4.69, 9.17) is 0 Å². The zero-order valence-corrected chi connectivity index (χ0v) is 28.3. The van der Waals surface area contributed by atoms with E-state index >= 15 is 0 Å². The molecule has 6 aromatic carbocycles. The highest BCUT2D eigenvalue weighted by molar-refractivity contribution is 6.10. The second-order valence-electron chi connectivity index (χ2n) is 14.4. The van der Waals surface area contributed by atoms with Crippen molar-refractivity contribution in [2.45, 2.75) is 52.5 Å². The molecule has 1 aromatic heterocycles. The first-order chi connectivity index (χ1) is 22.6. The average Bonchev–Trinajstić information content (AvgIpc) is 3.41. The number of para-hydroxylation sites is 3. The van der Waals surface area contributed by atoms with Crippen LogP contribution in [0.15, 0.2) is 152 Å². The number of benzene rings is 6. The molecule has 0 saturated heterocycles. The quantitative estimate of drug-likeness (QED) is 0.185. The van der Waals surface area contributed by atoms with Crippen LogP contribution in [0.5, 0.6) is 0 Å². The molecule has 0 bridgehead atoms. The van der Waals surface area contributed by atoms with Crippen molar-refractivity contribution >= 4 is 55.9 Å². The molecule has 7 aromatic rings. The van der Waals surface area contributed by atoms with E-state index in [2.05, 4.69) is 208 Å². The molecule has 0 aliphatic carbocycles. The van der Waals surface area contributed by atoms with E-state index in [1.807, 2.05) is 0 Å². The maximum Gasteiger partial charge on any atom is 0.0497 e. The van der Waals surface area contributed by atoms with Gasteiger partial charge in [0.05, 0.1) is 0 Å². The Labute approximate surface area is 279 Å². The number of nitrogens with zero attached hydrogens (tertiary/aromatic N) is 3. The van der Waals surface area contributed by atoms with Crippen LogP contribution in [0.4, 0.5) is 34.1 Å². The van der Waals surface area contributed by atoms with Gasteiger partial charge >= 0.3 is 0 Å². The van der Waals surface area contributed by atoms with Gasteiger partial charge in [-0.2, -0.15) is 0 Å². The SMILES string of the molecule is CC(C)(C)c1ccc2c(c1)c1cc(N(c3ccccc3)c3ccc(N(c4ccccc4)c4ccccc4)cc3)ccc1n2C(C)(C)C. The van der Waals surface area contributed by atoms with Gasteiger partial charge in [0.25, 0.3) is 0 Å². The summed E-state index contributed by atoms with van der Waals surface area (Å²) >= 11 is 0. The van der Waals surface area contributed by atoms with Crippen molar-refractivity contribution in [2.75, 3.05) is 9.80 Å². The van der Waals surface area contributed by atoms with Gasteiger partial charge in [0.15, 0.2) is 0 Å². The van der Waals surface area contributed by atoms with Gasteiger partial charge in [-0.3, -0.25) is 0 Å². The predicted octanol–water partition coefficient (Wildman–Crippen LogP) is 12.8. The molecule has 0 N–H and O–H groups in total. The lowest BCUT2D eigenvalue weighted by Crippen LogP contribution is -2.21. The molecular formula is C44H43N3. The molecule has 0 aliphatic heterocycles. The van der Waals surface area contributed by atoms with Crippen molar-refractivity contribution in [2.24, 2.45) is 0 Å². The molecule has 0 radical (unpaired) electrons. The molecular weight excluding hydrogens is 571 g/mol.